The highest BCUT2D eigenvalue weighted by Crippen LogP contribution is 2.53. The number of aliphatic hydroxyl groups is 1. The monoisotopic (exact) mass is 377 g/mol. The first-order chi connectivity index (χ1) is 12.6. The lowest BCUT2D eigenvalue weighted by Crippen LogP contribution is -2.52. The zero-order valence-electron chi connectivity index (χ0n) is 16.2. The van der Waals surface area contributed by atoms with Crippen molar-refractivity contribution in [1.29, 1.82) is 0 Å². The van der Waals surface area contributed by atoms with Crippen LogP contribution in [0, 0.1) is 28.9 Å². The molecule has 2 bridgehead atoms. The summed E-state index contributed by atoms with van der Waals surface area (Å²) in [5.41, 5.74) is 10.7. The van der Waals surface area contributed by atoms with Gasteiger partial charge in [-0.1, -0.05) is 20.8 Å². The van der Waals surface area contributed by atoms with Crippen molar-refractivity contribution < 1.29 is 13.9 Å². The molecule has 0 spiro atoms. The number of halogens is 2. The summed E-state index contributed by atoms with van der Waals surface area (Å²) in [6.45, 7) is 5.75. The highest BCUT2D eigenvalue weighted by atomic mass is 19.1. The van der Waals surface area contributed by atoms with Crippen molar-refractivity contribution in [1.82, 2.24) is 5.43 Å². The molecule has 0 radical (unpaired) electrons. The molecule has 27 heavy (non-hydrogen) atoms. The molecular weight excluding hydrogens is 348 g/mol. The maximum Gasteiger partial charge on any atom is 0.151 e. The predicted molar refractivity (Wildman–Crippen MR) is 101 cm³/mol. The van der Waals surface area contributed by atoms with Gasteiger partial charge in [-0.2, -0.15) is 0 Å². The van der Waals surface area contributed by atoms with Crippen LogP contribution in [-0.4, -0.2) is 16.9 Å². The van der Waals surface area contributed by atoms with Crippen molar-refractivity contribution in [2.45, 2.75) is 64.6 Å². The SMILES string of the molecule is CC(C)(C)C(N)(O)CCC1C2=C(NN1c1ccc(F)cc1F)C1CCC2C1. The highest BCUT2D eigenvalue weighted by Gasteiger charge is 2.49. The van der Waals surface area contributed by atoms with Gasteiger partial charge in [0, 0.05) is 23.1 Å². The average molecular weight is 377 g/mol. The number of nitrogens with two attached hydrogens (primary N) is 1. The molecule has 0 amide bonds. The minimum Gasteiger partial charge on any atom is -0.376 e. The molecule has 6 heteroatoms. The first-order valence-electron chi connectivity index (χ1n) is 9.84. The van der Waals surface area contributed by atoms with E-state index in [0.29, 0.717) is 30.4 Å². The van der Waals surface area contributed by atoms with Gasteiger partial charge in [0.2, 0.25) is 0 Å². The molecule has 4 unspecified atom stereocenters. The first-order valence-corrected chi connectivity index (χ1v) is 9.84. The molecule has 1 aliphatic heterocycles. The van der Waals surface area contributed by atoms with Gasteiger partial charge in [-0.3, -0.25) is 5.01 Å². The van der Waals surface area contributed by atoms with Gasteiger partial charge in [0.15, 0.2) is 5.82 Å². The predicted octanol–water partition coefficient (Wildman–Crippen LogP) is 3.82. The fourth-order valence-electron chi connectivity index (χ4n) is 4.86. The second kappa shape index (κ2) is 6.17. The third-order valence-electron chi connectivity index (χ3n) is 6.77. The second-order valence-electron chi connectivity index (χ2n) is 9.38. The summed E-state index contributed by atoms with van der Waals surface area (Å²) in [6, 6.07) is 3.60. The first kappa shape index (κ1) is 18.7. The third kappa shape index (κ3) is 3.03. The molecular formula is C21H29F2N3O. The Kier molecular flexibility index (Phi) is 4.27. The molecule has 1 saturated carbocycles. The summed E-state index contributed by atoms with van der Waals surface area (Å²) in [4.78, 5) is 0. The Morgan fingerprint density at radius 3 is 2.59 bits per heavy atom. The summed E-state index contributed by atoms with van der Waals surface area (Å²) in [5, 5.41) is 12.6. The van der Waals surface area contributed by atoms with Crippen LogP contribution in [-0.2, 0) is 0 Å². The van der Waals surface area contributed by atoms with Crippen LogP contribution in [0.4, 0.5) is 14.5 Å². The third-order valence-corrected chi connectivity index (χ3v) is 6.77. The van der Waals surface area contributed by atoms with Crippen molar-refractivity contribution in [3.63, 3.8) is 0 Å². The average Bonchev–Trinajstić information content (AvgIpc) is 3.24. The quantitative estimate of drug-likeness (QED) is 0.698. The number of rotatable bonds is 4. The van der Waals surface area contributed by atoms with E-state index in [-0.39, 0.29) is 6.04 Å². The van der Waals surface area contributed by atoms with E-state index in [4.69, 9.17) is 5.73 Å². The summed E-state index contributed by atoms with van der Waals surface area (Å²) in [6.07, 6.45) is 4.48. The maximum atomic E-state index is 14.5. The van der Waals surface area contributed by atoms with E-state index in [1.54, 1.807) is 0 Å². The fourth-order valence-corrected chi connectivity index (χ4v) is 4.86. The molecule has 1 fully saturated rings. The minimum atomic E-state index is -1.32. The smallest absolute Gasteiger partial charge is 0.151 e. The van der Waals surface area contributed by atoms with Crippen molar-refractivity contribution in [3.05, 3.63) is 41.1 Å². The number of allylic oxidation sites excluding steroid dienone is 1. The van der Waals surface area contributed by atoms with Crippen LogP contribution in [0.3, 0.4) is 0 Å². The van der Waals surface area contributed by atoms with E-state index in [0.717, 1.165) is 25.3 Å². The van der Waals surface area contributed by atoms with E-state index in [9.17, 15) is 13.9 Å². The number of fused-ring (bicyclic) bond motifs is 4. The molecule has 4 rings (SSSR count). The number of hydrogen-bond donors (Lipinski definition) is 3. The van der Waals surface area contributed by atoms with Crippen LogP contribution in [0.15, 0.2) is 29.5 Å². The summed E-state index contributed by atoms with van der Waals surface area (Å²) < 4.78 is 27.9. The largest absolute Gasteiger partial charge is 0.376 e. The Balaban J connectivity index is 1.64. The van der Waals surface area contributed by atoms with Gasteiger partial charge in [0.25, 0.3) is 0 Å². The lowest BCUT2D eigenvalue weighted by Gasteiger charge is -2.39. The molecule has 1 aromatic carbocycles. The summed E-state index contributed by atoms with van der Waals surface area (Å²) in [5.74, 6) is -0.159. The Hall–Kier alpha value is -1.66. The number of hydrazine groups is 1. The summed E-state index contributed by atoms with van der Waals surface area (Å²) in [7, 11) is 0. The van der Waals surface area contributed by atoms with E-state index in [2.05, 4.69) is 5.43 Å². The molecule has 148 valence electrons. The van der Waals surface area contributed by atoms with Gasteiger partial charge in [-0.25, -0.2) is 8.78 Å². The van der Waals surface area contributed by atoms with Gasteiger partial charge >= 0.3 is 0 Å². The molecule has 1 heterocycles. The van der Waals surface area contributed by atoms with E-state index >= 15 is 0 Å². The Labute approximate surface area is 159 Å². The van der Waals surface area contributed by atoms with Crippen LogP contribution in [0.5, 0.6) is 0 Å². The Bertz CT molecular complexity index is 784. The van der Waals surface area contributed by atoms with Crippen molar-refractivity contribution in [3.8, 4) is 0 Å². The van der Waals surface area contributed by atoms with Crippen LogP contribution in [0.2, 0.25) is 0 Å². The lowest BCUT2D eigenvalue weighted by molar-refractivity contribution is -0.0612. The second-order valence-corrected chi connectivity index (χ2v) is 9.38. The topological polar surface area (TPSA) is 61.5 Å². The van der Waals surface area contributed by atoms with Gasteiger partial charge in [-0.15, -0.1) is 0 Å². The van der Waals surface area contributed by atoms with Crippen LogP contribution in [0.25, 0.3) is 0 Å². The normalized spacial score (nSPS) is 29.1. The number of hydrogen-bond acceptors (Lipinski definition) is 4. The summed E-state index contributed by atoms with van der Waals surface area (Å²) >= 11 is 0. The molecule has 0 aromatic heterocycles. The zero-order valence-corrected chi connectivity index (χ0v) is 16.2. The van der Waals surface area contributed by atoms with Crippen molar-refractivity contribution >= 4 is 5.69 Å². The Morgan fingerprint density at radius 1 is 1.22 bits per heavy atom. The van der Waals surface area contributed by atoms with E-state index in [1.807, 2.05) is 25.8 Å². The van der Waals surface area contributed by atoms with Gasteiger partial charge in [-0.05, 0) is 55.7 Å². The molecule has 1 aromatic rings. The van der Waals surface area contributed by atoms with Crippen LogP contribution >= 0.6 is 0 Å². The standard InChI is InChI=1S/C21H29F2N3O/c1-20(2,3)21(24,27)9-8-17-18-12-4-5-13(10-12)19(18)25-26(17)16-7-6-14(22)11-15(16)23/h6-7,11-13,17,25,27H,4-5,8-10,24H2,1-3H3. The van der Waals surface area contributed by atoms with Crippen LogP contribution in [0.1, 0.15) is 52.9 Å². The van der Waals surface area contributed by atoms with Crippen molar-refractivity contribution in [2.24, 2.45) is 23.0 Å². The number of anilines is 1. The zero-order chi connectivity index (χ0) is 19.6. The molecule has 4 atom stereocenters. The van der Waals surface area contributed by atoms with Gasteiger partial charge < -0.3 is 16.3 Å². The van der Waals surface area contributed by atoms with Crippen molar-refractivity contribution in [2.75, 3.05) is 5.01 Å². The molecule has 4 nitrogen and oxygen atoms in total. The van der Waals surface area contributed by atoms with E-state index < -0.39 is 22.8 Å². The molecule has 3 aliphatic rings. The number of benzene rings is 1. The molecule has 4 N–H and O–H groups in total. The number of nitrogens with zero attached hydrogens (tertiary/aromatic N) is 1. The molecule has 2 aliphatic carbocycles. The fraction of sp³-hybridized carbons (Fsp3) is 0.619. The highest BCUT2D eigenvalue weighted by molar-refractivity contribution is 5.55. The van der Waals surface area contributed by atoms with Gasteiger partial charge in [0.1, 0.15) is 11.5 Å². The van der Waals surface area contributed by atoms with E-state index in [1.165, 1.54) is 23.4 Å². The lowest BCUT2D eigenvalue weighted by atomic mass is 9.79. The van der Waals surface area contributed by atoms with Crippen LogP contribution < -0.4 is 16.2 Å². The Morgan fingerprint density at radius 2 is 1.93 bits per heavy atom. The van der Waals surface area contributed by atoms with Gasteiger partial charge in [0.05, 0.1) is 11.7 Å². The number of nitrogens with one attached hydrogen (secondary N) is 1. The minimum absolute atomic E-state index is 0.0762. The molecule has 0 saturated heterocycles. The maximum absolute atomic E-state index is 14.5.